The largest absolute Gasteiger partial charge is 0.464 e. The van der Waals surface area contributed by atoms with Crippen molar-refractivity contribution in [2.24, 2.45) is 0 Å². The fourth-order valence-corrected chi connectivity index (χ4v) is 10.3. The number of anilines is 6. The van der Waals surface area contributed by atoms with Gasteiger partial charge < -0.3 is 40.1 Å². The lowest BCUT2D eigenvalue weighted by Crippen LogP contribution is -2.57. The second-order valence-corrected chi connectivity index (χ2v) is 20.9. The maximum absolute atomic E-state index is 13.2. The Morgan fingerprint density at radius 3 is 1.49 bits per heavy atom. The van der Waals surface area contributed by atoms with E-state index < -0.39 is 0 Å². The first-order valence-corrected chi connectivity index (χ1v) is 27.2. The summed E-state index contributed by atoms with van der Waals surface area (Å²) in [5.41, 5.74) is 7.53. The van der Waals surface area contributed by atoms with Gasteiger partial charge in [-0.3, -0.25) is 34.0 Å². The second-order valence-electron chi connectivity index (χ2n) is 20.9. The Hall–Kier alpha value is -7.69. The standard InChI is InChI=1S/C30H38N8O3.C28H36N8O2/c1-22(39)41-21-26-19-37-14-15-38(26)20-29(40)36(3)13-5-12-35(2)28-9-8-24(17-32-28)27-10-11-31-30(34-27)33-25-7-4-6-23(16-25)18-37;1-33-11-4-12-34(2)27(38)19-36-14-13-35(18-24(36)20-37)17-21-5-3-6-23(15-21)31-28-29-10-9-25(32-28)22-7-8-26(33)30-16-22/h4,6-11,16-17,26H,5,12-15,18-21H2,1-3H3,(H,31,33,34);3,5-10,15-16,24,37H,4,11-14,17-20H2,1-2H3,(H,29,31,32). The van der Waals surface area contributed by atoms with E-state index in [1.165, 1.54) is 6.92 Å². The lowest BCUT2D eigenvalue weighted by molar-refractivity contribution is -0.144. The summed E-state index contributed by atoms with van der Waals surface area (Å²) in [5, 5.41) is 16.8. The van der Waals surface area contributed by atoms with E-state index in [1.54, 1.807) is 22.2 Å². The summed E-state index contributed by atoms with van der Waals surface area (Å²) < 4.78 is 5.41. The first-order chi connectivity index (χ1) is 38.3. The second kappa shape index (κ2) is 26.8. The van der Waals surface area contributed by atoms with E-state index in [0.717, 1.165) is 115 Å². The molecule has 0 spiro atoms. The number of esters is 1. The highest BCUT2D eigenvalue weighted by Gasteiger charge is 2.31. The molecule has 3 N–H and O–H groups in total. The Bertz CT molecular complexity index is 2990. The van der Waals surface area contributed by atoms with Gasteiger partial charge in [0.1, 0.15) is 18.2 Å². The highest BCUT2D eigenvalue weighted by Crippen LogP contribution is 2.25. The first kappa shape index (κ1) is 56.0. The Labute approximate surface area is 463 Å². The van der Waals surface area contributed by atoms with Crippen molar-refractivity contribution < 1.29 is 24.2 Å². The number of ether oxygens (including phenoxy) is 1. The molecule has 4 aromatic heterocycles. The fraction of sp³-hybridized carbons (Fsp3) is 0.431. The van der Waals surface area contributed by atoms with Gasteiger partial charge in [-0.05, 0) is 84.6 Å². The van der Waals surface area contributed by atoms with Crippen LogP contribution in [0.1, 0.15) is 30.9 Å². The zero-order valence-corrected chi connectivity index (χ0v) is 46.1. The maximum atomic E-state index is 13.2. The van der Waals surface area contributed by atoms with Crippen LogP contribution in [-0.4, -0.2) is 214 Å². The molecule has 16 rings (SSSR count). The van der Waals surface area contributed by atoms with Crippen LogP contribution in [0.15, 0.2) is 110 Å². The number of carbonyl (C=O) groups is 3. The molecule has 2 saturated heterocycles. The first-order valence-electron chi connectivity index (χ1n) is 27.2. The Morgan fingerprint density at radius 2 is 1.04 bits per heavy atom. The number of pyridine rings is 2. The summed E-state index contributed by atoms with van der Waals surface area (Å²) in [5.74, 6) is 2.61. The third-order valence-electron chi connectivity index (χ3n) is 14.9. The Balaban J connectivity index is 0.000000192. The molecule has 21 heteroatoms. The van der Waals surface area contributed by atoms with Crippen molar-refractivity contribution in [2.75, 3.05) is 140 Å². The number of aromatic nitrogens is 6. The molecule has 10 aliphatic rings. The lowest BCUT2D eigenvalue weighted by Gasteiger charge is -2.41. The molecule has 14 heterocycles. The van der Waals surface area contributed by atoms with Gasteiger partial charge >= 0.3 is 5.97 Å². The highest BCUT2D eigenvalue weighted by atomic mass is 16.5. The number of carbonyl (C=O) groups excluding carboxylic acids is 3. The van der Waals surface area contributed by atoms with E-state index in [0.29, 0.717) is 57.7 Å². The van der Waals surface area contributed by atoms with Crippen LogP contribution in [0.5, 0.6) is 0 Å². The summed E-state index contributed by atoms with van der Waals surface area (Å²) in [6.45, 7) is 11.2. The van der Waals surface area contributed by atoms with Gasteiger partial charge in [-0.2, -0.15) is 0 Å². The molecule has 0 radical (unpaired) electrons. The molecule has 0 aliphatic carbocycles. The number of hydrogen-bond donors (Lipinski definition) is 3. The number of likely N-dealkylation sites (N-methyl/N-ethyl adjacent to an activating group) is 2. The minimum absolute atomic E-state index is 0.0270. The van der Waals surface area contributed by atoms with Gasteiger partial charge in [-0.15, -0.1) is 0 Å². The molecule has 6 atom stereocenters. The van der Waals surface area contributed by atoms with Crippen molar-refractivity contribution in [2.45, 2.75) is 44.9 Å². The zero-order chi connectivity index (χ0) is 55.3. The summed E-state index contributed by atoms with van der Waals surface area (Å²) in [6.07, 6.45) is 8.80. The summed E-state index contributed by atoms with van der Waals surface area (Å²) in [6, 6.07) is 28.1. The van der Waals surface area contributed by atoms with Gasteiger partial charge in [0.15, 0.2) is 0 Å². The monoisotopic (exact) mass is 1070 g/mol. The molecule has 2 fully saturated rings. The van der Waals surface area contributed by atoms with E-state index in [1.807, 2.05) is 101 Å². The molecule has 16 bridgehead atoms. The number of piperazine rings is 2. The molecule has 10 aliphatic heterocycles. The van der Waals surface area contributed by atoms with Gasteiger partial charge in [0, 0.05) is 167 Å². The minimum Gasteiger partial charge on any atom is -0.464 e. The summed E-state index contributed by atoms with van der Waals surface area (Å²) in [7, 11) is 7.73. The van der Waals surface area contributed by atoms with Crippen LogP contribution in [0.2, 0.25) is 0 Å². The third-order valence-corrected chi connectivity index (χ3v) is 14.9. The van der Waals surface area contributed by atoms with Crippen LogP contribution in [0.4, 0.5) is 34.9 Å². The molecule has 6 aromatic rings. The van der Waals surface area contributed by atoms with Crippen LogP contribution >= 0.6 is 0 Å². The minimum atomic E-state index is -0.312. The molecular weight excluding hydrogens is 1000 g/mol. The SMILES string of the molecule is CC(=O)OCC1CN2CCN1CC(=O)N(C)CCCN(C)c1ccc(cn1)-c1ccnc(n1)Nc1cccc(c1)C2.CN1CCCN(C)c2ccc(cn2)-c2ccnc(n2)Nc2cccc(c2)CN2CCN(CC1=O)C(CO)C2. The van der Waals surface area contributed by atoms with Crippen LogP contribution in [-0.2, 0) is 32.2 Å². The van der Waals surface area contributed by atoms with Gasteiger partial charge in [0.05, 0.1) is 37.1 Å². The third kappa shape index (κ3) is 15.5. The molecule has 416 valence electrons. The number of rotatable bonds is 3. The number of hydrogen-bond acceptors (Lipinski definition) is 19. The summed E-state index contributed by atoms with van der Waals surface area (Å²) >= 11 is 0. The van der Waals surface area contributed by atoms with Crippen LogP contribution in [0.3, 0.4) is 0 Å². The van der Waals surface area contributed by atoms with E-state index in [9.17, 15) is 19.5 Å². The van der Waals surface area contributed by atoms with Crippen molar-refractivity contribution in [3.63, 3.8) is 0 Å². The van der Waals surface area contributed by atoms with E-state index in [4.69, 9.17) is 14.7 Å². The normalized spacial score (nSPS) is 22.3. The van der Waals surface area contributed by atoms with Gasteiger partial charge in [0.2, 0.25) is 23.7 Å². The number of amides is 2. The smallest absolute Gasteiger partial charge is 0.302 e. The molecule has 21 nitrogen and oxygen atoms in total. The average molecular weight is 1080 g/mol. The zero-order valence-electron chi connectivity index (χ0n) is 46.1. The molecular formula is C58H74N16O5. The van der Waals surface area contributed by atoms with Gasteiger partial charge in [-0.1, -0.05) is 24.3 Å². The van der Waals surface area contributed by atoms with Crippen LogP contribution in [0.25, 0.3) is 22.5 Å². The predicted molar refractivity (Wildman–Crippen MR) is 306 cm³/mol. The van der Waals surface area contributed by atoms with E-state index in [2.05, 4.69) is 84.2 Å². The summed E-state index contributed by atoms with van der Waals surface area (Å²) in [4.78, 5) is 82.0. The van der Waals surface area contributed by atoms with E-state index >= 15 is 0 Å². The van der Waals surface area contributed by atoms with Crippen molar-refractivity contribution in [1.29, 1.82) is 0 Å². The predicted octanol–water partition coefficient (Wildman–Crippen LogP) is 4.69. The number of nitrogens with zero attached hydrogens (tertiary/aromatic N) is 14. The van der Waals surface area contributed by atoms with Crippen LogP contribution < -0.4 is 20.4 Å². The average Bonchev–Trinajstić information content (AvgIpc) is 3.45. The molecule has 6 unspecified atom stereocenters. The lowest BCUT2D eigenvalue weighted by atomic mass is 10.1. The molecule has 2 aromatic carbocycles. The van der Waals surface area contributed by atoms with Crippen molar-refractivity contribution in [3.05, 3.63) is 121 Å². The van der Waals surface area contributed by atoms with Gasteiger partial charge in [0.25, 0.3) is 0 Å². The highest BCUT2D eigenvalue weighted by molar-refractivity contribution is 5.78. The Morgan fingerprint density at radius 1 is 0.570 bits per heavy atom. The van der Waals surface area contributed by atoms with E-state index in [-0.39, 0.29) is 43.1 Å². The van der Waals surface area contributed by atoms with Crippen molar-refractivity contribution >= 4 is 52.7 Å². The van der Waals surface area contributed by atoms with Crippen molar-refractivity contribution in [1.82, 2.24) is 59.3 Å². The fourth-order valence-electron chi connectivity index (χ4n) is 10.3. The van der Waals surface area contributed by atoms with Crippen LogP contribution in [0, 0.1) is 0 Å². The number of benzene rings is 2. The molecule has 2 amide bonds. The van der Waals surface area contributed by atoms with Gasteiger partial charge in [-0.25, -0.2) is 29.9 Å². The quantitative estimate of drug-likeness (QED) is 0.206. The topological polar surface area (TPSA) is 208 Å². The number of nitrogens with one attached hydrogen (secondary N) is 2. The number of aliphatic hydroxyl groups excluding tert-OH is 1. The molecule has 79 heavy (non-hydrogen) atoms. The maximum Gasteiger partial charge on any atom is 0.302 e. The molecule has 0 saturated carbocycles. The number of aliphatic hydroxyl groups is 1. The van der Waals surface area contributed by atoms with Crippen molar-refractivity contribution in [3.8, 4) is 22.5 Å². The Kier molecular flexibility index (Phi) is 19.0.